The Morgan fingerprint density at radius 1 is 1.03 bits per heavy atom. The van der Waals surface area contributed by atoms with Crippen molar-refractivity contribution < 1.29 is 13.2 Å². The highest BCUT2D eigenvalue weighted by Gasteiger charge is 2.33. The highest BCUT2D eigenvalue weighted by atomic mass is 32.2. The van der Waals surface area contributed by atoms with Crippen molar-refractivity contribution >= 4 is 32.4 Å². The maximum atomic E-state index is 13.0. The van der Waals surface area contributed by atoms with Crippen LogP contribution >= 0.6 is 11.3 Å². The van der Waals surface area contributed by atoms with Crippen molar-refractivity contribution in [2.75, 3.05) is 18.4 Å². The molecule has 172 valence electrons. The molecule has 33 heavy (non-hydrogen) atoms. The van der Waals surface area contributed by atoms with Gasteiger partial charge in [-0.2, -0.15) is 4.31 Å². The first-order valence-corrected chi connectivity index (χ1v) is 13.8. The monoisotopic (exact) mass is 481 g/mol. The van der Waals surface area contributed by atoms with Crippen LogP contribution in [0.1, 0.15) is 36.8 Å². The van der Waals surface area contributed by atoms with Gasteiger partial charge >= 0.3 is 0 Å². The third-order valence-electron chi connectivity index (χ3n) is 6.51. The second kappa shape index (κ2) is 9.37. The molecule has 1 N–H and O–H groups in total. The molecule has 0 saturated carbocycles. The molecule has 1 unspecified atom stereocenters. The standard InChI is InChI=1S/C25H27N3O3S2/c29-24(21-9-6-14-28(16-21)33(30,31)22-10-2-1-3-11-22)27-25-26-23(17-32-25)20-13-12-18-7-4-5-8-19(18)15-20/h1-3,10-13,15,17,21H,4-9,14,16H2,(H,26,27,29). The molecule has 1 aliphatic heterocycles. The van der Waals surface area contributed by atoms with Gasteiger partial charge in [0, 0.05) is 24.0 Å². The zero-order chi connectivity index (χ0) is 22.8. The van der Waals surface area contributed by atoms with Gasteiger partial charge in [0.05, 0.1) is 16.5 Å². The van der Waals surface area contributed by atoms with Crippen LogP contribution in [0, 0.1) is 5.92 Å². The van der Waals surface area contributed by atoms with Gasteiger partial charge in [0.1, 0.15) is 0 Å². The topological polar surface area (TPSA) is 79.4 Å². The number of hydrogen-bond acceptors (Lipinski definition) is 5. The van der Waals surface area contributed by atoms with Crippen LogP contribution in [0.5, 0.6) is 0 Å². The Labute approximate surface area is 198 Å². The molecule has 1 atom stereocenters. The minimum absolute atomic E-state index is 0.172. The zero-order valence-electron chi connectivity index (χ0n) is 18.4. The van der Waals surface area contributed by atoms with E-state index in [-0.39, 0.29) is 17.3 Å². The molecule has 8 heteroatoms. The summed E-state index contributed by atoms with van der Waals surface area (Å²) in [4.78, 5) is 17.8. The van der Waals surface area contributed by atoms with Crippen molar-refractivity contribution in [1.29, 1.82) is 0 Å². The maximum Gasteiger partial charge on any atom is 0.243 e. The summed E-state index contributed by atoms with van der Waals surface area (Å²) >= 11 is 1.40. The minimum atomic E-state index is -3.60. The number of nitrogens with zero attached hydrogens (tertiary/aromatic N) is 2. The number of carbonyl (C=O) groups is 1. The Morgan fingerprint density at radius 3 is 2.64 bits per heavy atom. The molecule has 1 aliphatic carbocycles. The van der Waals surface area contributed by atoms with Crippen LogP contribution in [0.3, 0.4) is 0 Å². The van der Waals surface area contributed by atoms with Crippen LogP contribution in [0.25, 0.3) is 11.3 Å². The SMILES string of the molecule is O=C(Nc1nc(-c2ccc3c(c2)CCCC3)cs1)C1CCCN(S(=O)(=O)c2ccccc2)C1. The third-order valence-corrected chi connectivity index (χ3v) is 9.15. The molecule has 3 aromatic rings. The number of anilines is 1. The number of rotatable bonds is 5. The molecule has 1 fully saturated rings. The van der Waals surface area contributed by atoms with Crippen LogP contribution in [-0.2, 0) is 27.7 Å². The van der Waals surface area contributed by atoms with Gasteiger partial charge in [0.25, 0.3) is 0 Å². The van der Waals surface area contributed by atoms with E-state index < -0.39 is 15.9 Å². The van der Waals surface area contributed by atoms with E-state index >= 15 is 0 Å². The van der Waals surface area contributed by atoms with Gasteiger partial charge in [-0.05, 0) is 67.9 Å². The van der Waals surface area contributed by atoms with Gasteiger partial charge in [0.15, 0.2) is 5.13 Å². The van der Waals surface area contributed by atoms with Crippen LogP contribution in [0.15, 0.2) is 58.8 Å². The molecule has 6 nitrogen and oxygen atoms in total. The Morgan fingerprint density at radius 2 is 1.82 bits per heavy atom. The third kappa shape index (κ3) is 4.74. The van der Waals surface area contributed by atoms with Crippen molar-refractivity contribution in [2.24, 2.45) is 5.92 Å². The Hall–Kier alpha value is -2.55. The second-order valence-electron chi connectivity index (χ2n) is 8.73. The maximum absolute atomic E-state index is 13.0. The second-order valence-corrected chi connectivity index (χ2v) is 11.5. The molecule has 2 heterocycles. The number of fused-ring (bicyclic) bond motifs is 1. The number of nitrogens with one attached hydrogen (secondary N) is 1. The molecule has 2 aliphatic rings. The van der Waals surface area contributed by atoms with E-state index in [9.17, 15) is 13.2 Å². The van der Waals surface area contributed by atoms with Crippen LogP contribution in [-0.4, -0.2) is 36.7 Å². The molecular weight excluding hydrogens is 454 g/mol. The highest BCUT2D eigenvalue weighted by molar-refractivity contribution is 7.89. The first kappa shape index (κ1) is 22.3. The van der Waals surface area contributed by atoms with E-state index in [1.54, 1.807) is 30.3 Å². The number of carbonyl (C=O) groups excluding carboxylic acids is 1. The normalized spacial score (nSPS) is 19.1. The molecule has 2 aromatic carbocycles. The van der Waals surface area contributed by atoms with Gasteiger partial charge in [-0.25, -0.2) is 13.4 Å². The summed E-state index contributed by atoms with van der Waals surface area (Å²) in [6, 6.07) is 14.9. The van der Waals surface area contributed by atoms with Gasteiger partial charge in [-0.3, -0.25) is 4.79 Å². The lowest BCUT2D eigenvalue weighted by Crippen LogP contribution is -2.43. The summed E-state index contributed by atoms with van der Waals surface area (Å²) in [5.41, 5.74) is 4.77. The summed E-state index contributed by atoms with van der Waals surface area (Å²) in [7, 11) is -3.60. The zero-order valence-corrected chi connectivity index (χ0v) is 20.0. The number of aromatic nitrogens is 1. The van der Waals surface area contributed by atoms with Crippen molar-refractivity contribution in [1.82, 2.24) is 9.29 Å². The van der Waals surface area contributed by atoms with E-state index in [0.29, 0.717) is 24.5 Å². The van der Waals surface area contributed by atoms with Gasteiger partial charge in [0.2, 0.25) is 15.9 Å². The number of sulfonamides is 1. The number of piperidine rings is 1. The number of amides is 1. The van der Waals surface area contributed by atoms with Crippen LogP contribution < -0.4 is 5.32 Å². The molecule has 1 amide bonds. The fraction of sp³-hybridized carbons (Fsp3) is 0.360. The first-order valence-electron chi connectivity index (χ1n) is 11.4. The number of benzene rings is 2. The lowest BCUT2D eigenvalue weighted by molar-refractivity contribution is -0.120. The van der Waals surface area contributed by atoms with Gasteiger partial charge in [-0.1, -0.05) is 30.3 Å². The van der Waals surface area contributed by atoms with Crippen molar-refractivity contribution in [3.05, 3.63) is 65.0 Å². The molecule has 1 saturated heterocycles. The van der Waals surface area contributed by atoms with Crippen LogP contribution in [0.4, 0.5) is 5.13 Å². The number of hydrogen-bond donors (Lipinski definition) is 1. The molecule has 1 aromatic heterocycles. The summed E-state index contributed by atoms with van der Waals surface area (Å²) < 4.78 is 27.3. The fourth-order valence-electron chi connectivity index (χ4n) is 4.68. The predicted molar refractivity (Wildman–Crippen MR) is 131 cm³/mol. The molecular formula is C25H27N3O3S2. The number of aryl methyl sites for hydroxylation is 2. The Bertz CT molecular complexity index is 1250. The molecule has 5 rings (SSSR count). The lowest BCUT2D eigenvalue weighted by Gasteiger charge is -2.31. The fourth-order valence-corrected chi connectivity index (χ4v) is 6.95. The largest absolute Gasteiger partial charge is 0.302 e. The summed E-state index contributed by atoms with van der Waals surface area (Å²) in [5.74, 6) is -0.567. The highest BCUT2D eigenvalue weighted by Crippen LogP contribution is 2.30. The smallest absolute Gasteiger partial charge is 0.243 e. The first-order chi connectivity index (χ1) is 16.0. The number of thiazole rings is 1. The van der Waals surface area contributed by atoms with Crippen molar-refractivity contribution in [3.63, 3.8) is 0 Å². The quantitative estimate of drug-likeness (QED) is 0.571. The summed E-state index contributed by atoms with van der Waals surface area (Å²) in [6.45, 7) is 0.618. The van der Waals surface area contributed by atoms with E-state index in [0.717, 1.165) is 24.1 Å². The Kier molecular flexibility index (Phi) is 6.32. The molecule has 0 spiro atoms. The summed E-state index contributed by atoms with van der Waals surface area (Å²) in [6.07, 6.45) is 6.06. The average Bonchev–Trinajstić information content (AvgIpc) is 3.33. The van der Waals surface area contributed by atoms with E-state index in [1.807, 2.05) is 5.38 Å². The minimum Gasteiger partial charge on any atom is -0.302 e. The van der Waals surface area contributed by atoms with E-state index in [4.69, 9.17) is 0 Å². The van der Waals surface area contributed by atoms with E-state index in [2.05, 4.69) is 28.5 Å². The van der Waals surface area contributed by atoms with Crippen LogP contribution in [0.2, 0.25) is 0 Å². The molecule has 0 bridgehead atoms. The average molecular weight is 482 g/mol. The van der Waals surface area contributed by atoms with Gasteiger partial charge < -0.3 is 5.32 Å². The van der Waals surface area contributed by atoms with E-state index in [1.165, 1.54) is 39.6 Å². The predicted octanol–water partition coefficient (Wildman–Crippen LogP) is 4.73. The van der Waals surface area contributed by atoms with Crippen molar-refractivity contribution in [3.8, 4) is 11.3 Å². The van der Waals surface area contributed by atoms with Crippen molar-refractivity contribution in [2.45, 2.75) is 43.4 Å². The lowest BCUT2D eigenvalue weighted by atomic mass is 9.90. The van der Waals surface area contributed by atoms with Gasteiger partial charge in [-0.15, -0.1) is 11.3 Å². The molecule has 0 radical (unpaired) electrons. The Balaban J connectivity index is 1.26. The summed E-state index contributed by atoms with van der Waals surface area (Å²) in [5, 5.41) is 5.44.